The first-order valence-electron chi connectivity index (χ1n) is 6.09. The van der Waals surface area contributed by atoms with Gasteiger partial charge >= 0.3 is 0 Å². The largest absolute Gasteiger partial charge is 0.361 e. The fourth-order valence-electron chi connectivity index (χ4n) is 2.10. The van der Waals surface area contributed by atoms with E-state index < -0.39 is 0 Å². The Morgan fingerprint density at radius 2 is 1.80 bits per heavy atom. The number of aromatic nitrogens is 1. The Hall–Kier alpha value is -1.29. The van der Waals surface area contributed by atoms with Crippen LogP contribution in [0, 0.1) is 6.92 Å². The van der Waals surface area contributed by atoms with Gasteiger partial charge in [-0.2, -0.15) is 0 Å². The lowest BCUT2D eigenvalue weighted by Crippen LogP contribution is -1.90. The molecule has 0 unspecified atom stereocenters. The lowest BCUT2D eigenvalue weighted by Gasteiger charge is -2.10. The van der Waals surface area contributed by atoms with Crippen LogP contribution in [0.4, 0.5) is 5.69 Å². The second kappa shape index (κ2) is 5.60. The molecular formula is C15H12Cl2N2S. The number of rotatable bonds is 3. The third-order valence-corrected chi connectivity index (χ3v) is 4.35. The van der Waals surface area contributed by atoms with Crippen LogP contribution in [0.5, 0.6) is 0 Å². The van der Waals surface area contributed by atoms with Crippen molar-refractivity contribution in [3.05, 3.63) is 58.2 Å². The third-order valence-electron chi connectivity index (χ3n) is 3.12. The maximum atomic E-state index is 6.00. The number of halogens is 2. The van der Waals surface area contributed by atoms with Gasteiger partial charge in [-0.3, -0.25) is 0 Å². The minimum Gasteiger partial charge on any atom is -0.361 e. The summed E-state index contributed by atoms with van der Waals surface area (Å²) < 4.78 is 3.35. The van der Waals surface area contributed by atoms with Gasteiger partial charge < -0.3 is 9.71 Å². The molecule has 1 heterocycles. The SMILES string of the molecule is Cc1c(NSc2cc(Cl)cc(Cl)c2)ccc2[nH]ccc12. The van der Waals surface area contributed by atoms with Crippen molar-refractivity contribution in [3.63, 3.8) is 0 Å². The number of fused-ring (bicyclic) bond motifs is 1. The van der Waals surface area contributed by atoms with Crippen LogP contribution in [0.3, 0.4) is 0 Å². The highest BCUT2D eigenvalue weighted by Gasteiger charge is 2.05. The predicted octanol–water partition coefficient (Wildman–Crippen LogP) is 5.90. The van der Waals surface area contributed by atoms with Gasteiger partial charge in [0.15, 0.2) is 0 Å². The number of nitrogens with one attached hydrogen (secondary N) is 2. The van der Waals surface area contributed by atoms with E-state index in [1.165, 1.54) is 22.9 Å². The minimum absolute atomic E-state index is 0.639. The van der Waals surface area contributed by atoms with Crippen LogP contribution < -0.4 is 4.72 Å². The van der Waals surface area contributed by atoms with E-state index in [9.17, 15) is 0 Å². The van der Waals surface area contributed by atoms with Crippen molar-refractivity contribution < 1.29 is 0 Å². The Labute approximate surface area is 131 Å². The molecule has 0 radical (unpaired) electrons. The molecule has 0 saturated heterocycles. The van der Waals surface area contributed by atoms with Crippen molar-refractivity contribution in [3.8, 4) is 0 Å². The molecule has 0 amide bonds. The molecular weight excluding hydrogens is 311 g/mol. The number of H-pyrrole nitrogens is 1. The second-order valence-electron chi connectivity index (χ2n) is 4.49. The monoisotopic (exact) mass is 322 g/mol. The minimum atomic E-state index is 0.639. The van der Waals surface area contributed by atoms with Gasteiger partial charge in [0.1, 0.15) is 0 Å². The van der Waals surface area contributed by atoms with Crippen molar-refractivity contribution in [2.45, 2.75) is 11.8 Å². The third kappa shape index (κ3) is 2.75. The average molecular weight is 323 g/mol. The van der Waals surface area contributed by atoms with Gasteiger partial charge in [-0.1, -0.05) is 23.2 Å². The first-order valence-corrected chi connectivity index (χ1v) is 7.66. The summed E-state index contributed by atoms with van der Waals surface area (Å²) in [6, 6.07) is 11.7. The molecule has 0 spiro atoms. The summed E-state index contributed by atoms with van der Waals surface area (Å²) in [7, 11) is 0. The summed E-state index contributed by atoms with van der Waals surface area (Å²) in [4.78, 5) is 4.19. The molecule has 2 aromatic carbocycles. The fraction of sp³-hybridized carbons (Fsp3) is 0.0667. The Morgan fingerprint density at radius 1 is 1.05 bits per heavy atom. The van der Waals surface area contributed by atoms with E-state index in [1.807, 2.05) is 18.3 Å². The summed E-state index contributed by atoms with van der Waals surface area (Å²) >= 11 is 13.5. The Balaban J connectivity index is 1.84. The molecule has 20 heavy (non-hydrogen) atoms. The molecule has 1 aromatic heterocycles. The second-order valence-corrected chi connectivity index (χ2v) is 6.24. The van der Waals surface area contributed by atoms with E-state index >= 15 is 0 Å². The van der Waals surface area contributed by atoms with E-state index in [0.717, 1.165) is 16.1 Å². The molecule has 0 aliphatic rings. The van der Waals surface area contributed by atoms with Gasteiger partial charge in [-0.25, -0.2) is 0 Å². The molecule has 2 nitrogen and oxygen atoms in total. The molecule has 0 aliphatic heterocycles. The molecule has 3 aromatic rings. The average Bonchev–Trinajstić information content (AvgIpc) is 2.86. The lowest BCUT2D eigenvalue weighted by molar-refractivity contribution is 1.45. The highest BCUT2D eigenvalue weighted by Crippen LogP contribution is 2.31. The predicted molar refractivity (Wildman–Crippen MR) is 89.0 cm³/mol. The lowest BCUT2D eigenvalue weighted by atomic mass is 10.1. The smallest absolute Gasteiger partial charge is 0.0480 e. The normalized spacial score (nSPS) is 10.9. The maximum Gasteiger partial charge on any atom is 0.0480 e. The van der Waals surface area contributed by atoms with Crippen LogP contribution in [0.15, 0.2) is 47.5 Å². The quantitative estimate of drug-likeness (QED) is 0.587. The number of hydrogen-bond acceptors (Lipinski definition) is 2. The summed E-state index contributed by atoms with van der Waals surface area (Å²) in [5.74, 6) is 0. The zero-order chi connectivity index (χ0) is 14.1. The van der Waals surface area contributed by atoms with Gasteiger partial charge in [-0.05, 0) is 60.8 Å². The highest BCUT2D eigenvalue weighted by atomic mass is 35.5. The van der Waals surface area contributed by atoms with Crippen molar-refractivity contribution in [2.75, 3.05) is 4.72 Å². The van der Waals surface area contributed by atoms with E-state index in [1.54, 1.807) is 6.07 Å². The van der Waals surface area contributed by atoms with Crippen molar-refractivity contribution >= 4 is 51.7 Å². The number of benzene rings is 2. The number of aryl methyl sites for hydroxylation is 1. The Morgan fingerprint density at radius 3 is 2.55 bits per heavy atom. The molecule has 0 bridgehead atoms. The molecule has 0 aliphatic carbocycles. The van der Waals surface area contributed by atoms with Gasteiger partial charge in [0.2, 0.25) is 0 Å². The van der Waals surface area contributed by atoms with Crippen LogP contribution in [0.1, 0.15) is 5.56 Å². The molecule has 2 N–H and O–H groups in total. The molecule has 0 saturated carbocycles. The first kappa shape index (κ1) is 13.7. The molecule has 0 atom stereocenters. The fourth-order valence-corrected chi connectivity index (χ4v) is 3.57. The summed E-state index contributed by atoms with van der Waals surface area (Å²) in [5.41, 5.74) is 3.44. The van der Waals surface area contributed by atoms with Crippen molar-refractivity contribution in [1.29, 1.82) is 0 Å². The van der Waals surface area contributed by atoms with E-state index in [-0.39, 0.29) is 0 Å². The summed E-state index contributed by atoms with van der Waals surface area (Å²) in [6.07, 6.45) is 1.95. The zero-order valence-electron chi connectivity index (χ0n) is 10.7. The molecule has 0 fully saturated rings. The molecule has 102 valence electrons. The topological polar surface area (TPSA) is 27.8 Å². The van der Waals surface area contributed by atoms with Crippen LogP contribution in [0.25, 0.3) is 10.9 Å². The van der Waals surface area contributed by atoms with Gasteiger partial charge in [0.05, 0.1) is 0 Å². The Bertz CT molecular complexity index is 747. The highest BCUT2D eigenvalue weighted by molar-refractivity contribution is 8.00. The first-order chi connectivity index (χ1) is 9.63. The molecule has 3 rings (SSSR count). The van der Waals surface area contributed by atoms with E-state index in [4.69, 9.17) is 23.2 Å². The van der Waals surface area contributed by atoms with Gasteiger partial charge in [0, 0.05) is 37.7 Å². The van der Waals surface area contributed by atoms with Crippen molar-refractivity contribution in [1.82, 2.24) is 4.98 Å². The summed E-state index contributed by atoms with van der Waals surface area (Å²) in [5, 5.41) is 2.50. The van der Waals surface area contributed by atoms with Crippen LogP contribution in [-0.4, -0.2) is 4.98 Å². The number of hydrogen-bond donors (Lipinski definition) is 2. The maximum absolute atomic E-state index is 6.00. The van der Waals surface area contributed by atoms with Crippen LogP contribution in [-0.2, 0) is 0 Å². The number of aromatic amines is 1. The van der Waals surface area contributed by atoms with Gasteiger partial charge in [-0.15, -0.1) is 0 Å². The van der Waals surface area contributed by atoms with E-state index in [2.05, 4.69) is 34.8 Å². The number of anilines is 1. The van der Waals surface area contributed by atoms with Crippen LogP contribution in [0.2, 0.25) is 10.0 Å². The molecule has 5 heteroatoms. The zero-order valence-corrected chi connectivity index (χ0v) is 13.0. The van der Waals surface area contributed by atoms with Crippen LogP contribution >= 0.6 is 35.1 Å². The summed E-state index contributed by atoms with van der Waals surface area (Å²) in [6.45, 7) is 2.10. The Kier molecular flexibility index (Phi) is 3.83. The van der Waals surface area contributed by atoms with E-state index in [0.29, 0.717) is 10.0 Å². The standard InChI is InChI=1S/C15H12Cl2N2S/c1-9-13-4-5-18-15(13)3-2-14(9)19-20-12-7-10(16)6-11(17)8-12/h2-8,18-19H,1H3. The van der Waals surface area contributed by atoms with Crippen molar-refractivity contribution in [2.24, 2.45) is 0 Å². The van der Waals surface area contributed by atoms with Gasteiger partial charge in [0.25, 0.3) is 0 Å².